The lowest BCUT2D eigenvalue weighted by Gasteiger charge is -2.40. The minimum Gasteiger partial charge on any atom is -0.440 e. The summed E-state index contributed by atoms with van der Waals surface area (Å²) < 4.78 is 13.4. The highest BCUT2D eigenvalue weighted by Crippen LogP contribution is 2.30. The van der Waals surface area contributed by atoms with Gasteiger partial charge in [-0.15, -0.1) is 0 Å². The third kappa shape index (κ3) is 3.26. The van der Waals surface area contributed by atoms with Gasteiger partial charge in [-0.05, 0) is 19.4 Å². The molecule has 3 heterocycles. The van der Waals surface area contributed by atoms with Gasteiger partial charge in [-0.2, -0.15) is 5.10 Å². The molecule has 27 heavy (non-hydrogen) atoms. The predicted octanol–water partition coefficient (Wildman–Crippen LogP) is 2.77. The van der Waals surface area contributed by atoms with Crippen LogP contribution in [0.2, 0.25) is 0 Å². The summed E-state index contributed by atoms with van der Waals surface area (Å²) in [5.41, 5.74) is 1.59. The third-order valence-corrected chi connectivity index (χ3v) is 4.90. The topological polar surface area (TPSA) is 73.4 Å². The lowest BCUT2D eigenvalue weighted by molar-refractivity contribution is -0.0931. The van der Waals surface area contributed by atoms with Crippen molar-refractivity contribution in [3.63, 3.8) is 0 Å². The second-order valence-electron chi connectivity index (χ2n) is 7.00. The van der Waals surface area contributed by atoms with Crippen LogP contribution in [0.5, 0.6) is 0 Å². The standard InChI is InChI=1S/C20H22N4O3/c1-14-17(22-18(27-14)15-11-21-23(3)12-15)19(25)24-9-10-26-20(2,13-24)16-7-5-4-6-8-16/h4-8,11-12H,9-10,13H2,1-3H3. The van der Waals surface area contributed by atoms with E-state index >= 15 is 0 Å². The molecule has 2 aromatic heterocycles. The number of aromatic nitrogens is 3. The Balaban J connectivity index is 1.59. The van der Waals surface area contributed by atoms with Crippen molar-refractivity contribution in [3.8, 4) is 11.5 Å². The Labute approximate surface area is 157 Å². The van der Waals surface area contributed by atoms with E-state index in [1.54, 1.807) is 28.9 Å². The summed E-state index contributed by atoms with van der Waals surface area (Å²) in [6.07, 6.45) is 3.47. The van der Waals surface area contributed by atoms with E-state index in [1.807, 2.05) is 44.3 Å². The molecular weight excluding hydrogens is 344 g/mol. The van der Waals surface area contributed by atoms with Gasteiger partial charge in [-0.25, -0.2) is 4.98 Å². The molecule has 1 atom stereocenters. The summed E-state index contributed by atoms with van der Waals surface area (Å²) in [4.78, 5) is 19.3. The molecule has 1 aliphatic heterocycles. The van der Waals surface area contributed by atoms with E-state index in [1.165, 1.54) is 0 Å². The average molecular weight is 366 g/mol. The van der Waals surface area contributed by atoms with Crippen molar-refractivity contribution in [2.75, 3.05) is 19.7 Å². The molecule has 0 spiro atoms. The lowest BCUT2D eigenvalue weighted by atomic mass is 9.93. The number of hydrogen-bond donors (Lipinski definition) is 0. The van der Waals surface area contributed by atoms with Crippen LogP contribution in [0.25, 0.3) is 11.5 Å². The van der Waals surface area contributed by atoms with E-state index in [4.69, 9.17) is 9.15 Å². The van der Waals surface area contributed by atoms with Crippen LogP contribution in [-0.4, -0.2) is 45.3 Å². The molecule has 0 radical (unpaired) electrons. The van der Waals surface area contributed by atoms with Crippen molar-refractivity contribution < 1.29 is 13.9 Å². The molecule has 1 fully saturated rings. The van der Waals surface area contributed by atoms with E-state index in [-0.39, 0.29) is 5.91 Å². The summed E-state index contributed by atoms with van der Waals surface area (Å²) >= 11 is 0. The zero-order chi connectivity index (χ0) is 19.0. The number of ether oxygens (including phenoxy) is 1. The van der Waals surface area contributed by atoms with Gasteiger partial charge in [0.2, 0.25) is 5.89 Å². The van der Waals surface area contributed by atoms with Crippen molar-refractivity contribution in [2.45, 2.75) is 19.4 Å². The number of oxazole rings is 1. The first-order chi connectivity index (χ1) is 13.0. The van der Waals surface area contributed by atoms with Crippen molar-refractivity contribution >= 4 is 5.91 Å². The molecule has 0 aliphatic carbocycles. The van der Waals surface area contributed by atoms with Gasteiger partial charge in [0, 0.05) is 19.8 Å². The van der Waals surface area contributed by atoms with Crippen LogP contribution in [0.1, 0.15) is 28.7 Å². The quantitative estimate of drug-likeness (QED) is 0.713. The maximum absolute atomic E-state index is 13.1. The average Bonchev–Trinajstić information content (AvgIpc) is 3.27. The van der Waals surface area contributed by atoms with E-state index in [0.717, 1.165) is 11.1 Å². The Morgan fingerprint density at radius 1 is 1.26 bits per heavy atom. The Kier molecular flexibility index (Phi) is 4.31. The molecule has 1 amide bonds. The summed E-state index contributed by atoms with van der Waals surface area (Å²) in [5, 5.41) is 4.12. The van der Waals surface area contributed by atoms with Crippen molar-refractivity contribution in [3.05, 3.63) is 59.7 Å². The van der Waals surface area contributed by atoms with Crippen LogP contribution < -0.4 is 0 Å². The van der Waals surface area contributed by atoms with Crippen LogP contribution in [0.15, 0.2) is 47.1 Å². The second-order valence-corrected chi connectivity index (χ2v) is 7.00. The van der Waals surface area contributed by atoms with Gasteiger partial charge in [-0.3, -0.25) is 9.48 Å². The Bertz CT molecular complexity index is 963. The van der Waals surface area contributed by atoms with Crippen molar-refractivity contribution in [1.29, 1.82) is 0 Å². The number of amides is 1. The minimum absolute atomic E-state index is 0.142. The van der Waals surface area contributed by atoms with E-state index < -0.39 is 5.60 Å². The highest BCUT2D eigenvalue weighted by atomic mass is 16.5. The molecule has 0 saturated carbocycles. The second kappa shape index (κ2) is 6.66. The van der Waals surface area contributed by atoms with Crippen molar-refractivity contribution in [1.82, 2.24) is 19.7 Å². The van der Waals surface area contributed by atoms with Crippen LogP contribution in [0.4, 0.5) is 0 Å². The number of benzene rings is 1. The minimum atomic E-state index is -0.543. The fourth-order valence-electron chi connectivity index (χ4n) is 3.41. The van der Waals surface area contributed by atoms with Gasteiger partial charge >= 0.3 is 0 Å². The fraction of sp³-hybridized carbons (Fsp3) is 0.350. The van der Waals surface area contributed by atoms with E-state index in [9.17, 15) is 4.79 Å². The Hall–Kier alpha value is -2.93. The SMILES string of the molecule is Cc1oc(-c2cnn(C)c2)nc1C(=O)N1CCOC(C)(c2ccccc2)C1. The summed E-state index contributed by atoms with van der Waals surface area (Å²) in [5.74, 6) is 0.770. The number of rotatable bonds is 3. The lowest BCUT2D eigenvalue weighted by Crippen LogP contribution is -2.50. The molecule has 7 heteroatoms. The van der Waals surface area contributed by atoms with E-state index in [0.29, 0.717) is 37.0 Å². The number of hydrogen-bond acceptors (Lipinski definition) is 5. The molecular formula is C20H22N4O3. The molecule has 3 aromatic rings. The fourth-order valence-corrected chi connectivity index (χ4v) is 3.41. The maximum atomic E-state index is 13.1. The largest absolute Gasteiger partial charge is 0.440 e. The number of carbonyl (C=O) groups is 1. The summed E-state index contributed by atoms with van der Waals surface area (Å²) in [6.45, 7) is 5.24. The molecule has 4 rings (SSSR count). The van der Waals surface area contributed by atoms with Gasteiger partial charge < -0.3 is 14.1 Å². The molecule has 0 N–H and O–H groups in total. The first-order valence-corrected chi connectivity index (χ1v) is 8.91. The van der Waals surface area contributed by atoms with Crippen LogP contribution in [0, 0.1) is 6.92 Å². The molecule has 140 valence electrons. The molecule has 1 aliphatic rings. The number of aryl methyl sites for hydroxylation is 2. The Morgan fingerprint density at radius 2 is 2.04 bits per heavy atom. The Morgan fingerprint density at radius 3 is 2.74 bits per heavy atom. The van der Waals surface area contributed by atoms with E-state index in [2.05, 4.69) is 10.1 Å². The van der Waals surface area contributed by atoms with Gasteiger partial charge in [0.15, 0.2) is 5.69 Å². The zero-order valence-electron chi connectivity index (χ0n) is 15.7. The zero-order valence-corrected chi connectivity index (χ0v) is 15.7. The highest BCUT2D eigenvalue weighted by Gasteiger charge is 2.37. The van der Waals surface area contributed by atoms with Gasteiger partial charge in [0.1, 0.15) is 11.4 Å². The summed E-state index contributed by atoms with van der Waals surface area (Å²) in [6, 6.07) is 9.97. The monoisotopic (exact) mass is 366 g/mol. The first-order valence-electron chi connectivity index (χ1n) is 8.91. The maximum Gasteiger partial charge on any atom is 0.276 e. The number of morpholine rings is 1. The van der Waals surface area contributed by atoms with Gasteiger partial charge in [-0.1, -0.05) is 30.3 Å². The van der Waals surface area contributed by atoms with Crippen LogP contribution in [0.3, 0.4) is 0 Å². The molecule has 1 unspecified atom stereocenters. The number of nitrogens with zero attached hydrogens (tertiary/aromatic N) is 4. The van der Waals surface area contributed by atoms with Crippen LogP contribution >= 0.6 is 0 Å². The smallest absolute Gasteiger partial charge is 0.276 e. The van der Waals surface area contributed by atoms with Crippen molar-refractivity contribution in [2.24, 2.45) is 7.05 Å². The van der Waals surface area contributed by atoms with Gasteiger partial charge in [0.25, 0.3) is 5.91 Å². The predicted molar refractivity (Wildman–Crippen MR) is 99.1 cm³/mol. The first kappa shape index (κ1) is 17.5. The van der Waals surface area contributed by atoms with Gasteiger partial charge in [0.05, 0.1) is 24.9 Å². The molecule has 0 bridgehead atoms. The molecule has 1 aromatic carbocycles. The molecule has 1 saturated heterocycles. The molecule has 7 nitrogen and oxygen atoms in total. The third-order valence-electron chi connectivity index (χ3n) is 4.90. The normalized spacial score (nSPS) is 20.0. The van der Waals surface area contributed by atoms with Crippen LogP contribution in [-0.2, 0) is 17.4 Å². The highest BCUT2D eigenvalue weighted by molar-refractivity contribution is 5.93. The summed E-state index contributed by atoms with van der Waals surface area (Å²) in [7, 11) is 1.82. The number of carbonyl (C=O) groups excluding carboxylic acids is 1.